The van der Waals surface area contributed by atoms with Gasteiger partial charge in [-0.05, 0) is 37.3 Å². The topological polar surface area (TPSA) is 101 Å². The lowest BCUT2D eigenvalue weighted by Crippen LogP contribution is -2.10. The van der Waals surface area contributed by atoms with Crippen molar-refractivity contribution in [2.45, 2.75) is 57.1 Å². The molecule has 8 nitrogen and oxygen atoms in total. The number of thioether (sulfide) groups is 1. The Hall–Kier alpha value is -2.81. The zero-order valence-electron chi connectivity index (χ0n) is 17.7. The standard InChI is InChI=1S/C22H26N6O2S/c1-3-7-28-21-20(15(23)8-13(4-2)11-24-21)26-22(28)31-19-10-18-17(29-12-30-18)9-14(19)16-5-6-25-27-16/h5-6,10-11,13-14,23H,3-4,7-9,12H2,1-2H3,(H,25,27). The third-order valence-electron chi connectivity index (χ3n) is 5.87. The highest BCUT2D eigenvalue weighted by atomic mass is 32.2. The smallest absolute Gasteiger partial charge is 0.230 e. The number of H-pyrrole nitrogens is 1. The molecule has 0 fully saturated rings. The van der Waals surface area contributed by atoms with Gasteiger partial charge in [-0.25, -0.2) is 9.98 Å². The number of hydrogen-bond acceptors (Lipinski definition) is 7. The van der Waals surface area contributed by atoms with Gasteiger partial charge in [-0.1, -0.05) is 25.6 Å². The van der Waals surface area contributed by atoms with Gasteiger partial charge in [-0.3, -0.25) is 5.10 Å². The van der Waals surface area contributed by atoms with Crippen molar-refractivity contribution >= 4 is 29.5 Å². The Kier molecular flexibility index (Phi) is 5.43. The number of imidazole rings is 1. The van der Waals surface area contributed by atoms with E-state index in [9.17, 15) is 0 Å². The van der Waals surface area contributed by atoms with Crippen molar-refractivity contribution in [3.05, 3.63) is 46.2 Å². The maximum atomic E-state index is 8.62. The number of nitrogens with one attached hydrogen (secondary N) is 2. The summed E-state index contributed by atoms with van der Waals surface area (Å²) in [7, 11) is 0. The molecule has 31 heavy (non-hydrogen) atoms. The van der Waals surface area contributed by atoms with Gasteiger partial charge >= 0.3 is 0 Å². The predicted molar refractivity (Wildman–Crippen MR) is 120 cm³/mol. The van der Waals surface area contributed by atoms with Gasteiger partial charge in [0, 0.05) is 41.9 Å². The van der Waals surface area contributed by atoms with Crippen LogP contribution in [0.4, 0.5) is 5.82 Å². The molecule has 2 unspecified atom stereocenters. The third-order valence-corrected chi connectivity index (χ3v) is 7.01. The number of aliphatic imine (C=N–C) groups is 1. The van der Waals surface area contributed by atoms with Crippen LogP contribution < -0.4 is 0 Å². The quantitative estimate of drug-likeness (QED) is 0.668. The van der Waals surface area contributed by atoms with Crippen LogP contribution in [0.25, 0.3) is 0 Å². The third kappa shape index (κ3) is 3.71. The molecule has 1 aliphatic carbocycles. The van der Waals surface area contributed by atoms with Crippen LogP contribution >= 0.6 is 11.8 Å². The van der Waals surface area contributed by atoms with Gasteiger partial charge in [0.25, 0.3) is 0 Å². The van der Waals surface area contributed by atoms with E-state index in [1.165, 1.54) is 0 Å². The molecule has 0 spiro atoms. The molecule has 2 aromatic heterocycles. The molecule has 0 bridgehead atoms. The summed E-state index contributed by atoms with van der Waals surface area (Å²) in [6.45, 7) is 5.35. The summed E-state index contributed by atoms with van der Waals surface area (Å²) in [5.41, 5.74) is 2.31. The molecule has 2 aromatic rings. The van der Waals surface area contributed by atoms with E-state index in [1.54, 1.807) is 18.0 Å². The van der Waals surface area contributed by atoms with E-state index in [2.05, 4.69) is 34.7 Å². The molecule has 0 saturated heterocycles. The van der Waals surface area contributed by atoms with Crippen LogP contribution in [-0.2, 0) is 16.0 Å². The molecule has 0 saturated carbocycles. The van der Waals surface area contributed by atoms with Crippen LogP contribution in [0.2, 0.25) is 0 Å². The van der Waals surface area contributed by atoms with E-state index in [1.807, 2.05) is 12.3 Å². The van der Waals surface area contributed by atoms with E-state index in [4.69, 9.17) is 24.9 Å². The lowest BCUT2D eigenvalue weighted by atomic mass is 9.95. The van der Waals surface area contributed by atoms with Gasteiger partial charge in [0.2, 0.25) is 6.79 Å². The van der Waals surface area contributed by atoms with Crippen LogP contribution in [0.15, 0.2) is 44.9 Å². The number of ether oxygens (including phenoxy) is 2. The Morgan fingerprint density at radius 2 is 2.19 bits per heavy atom. The predicted octanol–water partition coefficient (Wildman–Crippen LogP) is 4.90. The zero-order valence-corrected chi connectivity index (χ0v) is 18.5. The molecule has 2 aliphatic heterocycles. The van der Waals surface area contributed by atoms with E-state index < -0.39 is 0 Å². The molecule has 3 aliphatic rings. The second kappa shape index (κ2) is 8.37. The Labute approximate surface area is 185 Å². The monoisotopic (exact) mass is 438 g/mol. The van der Waals surface area contributed by atoms with E-state index in [0.29, 0.717) is 23.7 Å². The van der Waals surface area contributed by atoms with Gasteiger partial charge in [-0.15, -0.1) is 0 Å². The number of fused-ring (bicyclic) bond motifs is 1. The van der Waals surface area contributed by atoms with Crippen LogP contribution in [-0.4, -0.2) is 38.5 Å². The Morgan fingerprint density at radius 3 is 2.97 bits per heavy atom. The molecule has 9 heteroatoms. The molecule has 0 radical (unpaired) electrons. The molecular formula is C22H26N6O2S. The van der Waals surface area contributed by atoms with E-state index in [-0.39, 0.29) is 12.7 Å². The molecule has 4 heterocycles. The summed E-state index contributed by atoms with van der Waals surface area (Å²) in [4.78, 5) is 10.8. The first-order chi connectivity index (χ1) is 15.2. The number of hydrogen-bond donors (Lipinski definition) is 2. The normalized spacial score (nSPS) is 22.5. The van der Waals surface area contributed by atoms with Gasteiger partial charge < -0.3 is 19.5 Å². The van der Waals surface area contributed by atoms with Gasteiger partial charge in [0.1, 0.15) is 11.5 Å². The number of nitrogens with zero attached hydrogens (tertiary/aromatic N) is 4. The Bertz CT molecular complexity index is 1080. The van der Waals surface area contributed by atoms with Crippen molar-refractivity contribution < 1.29 is 9.47 Å². The molecule has 2 atom stereocenters. The number of allylic oxidation sites excluding steroid dienone is 3. The molecule has 2 N–H and O–H groups in total. The van der Waals surface area contributed by atoms with Crippen LogP contribution in [0, 0.1) is 11.3 Å². The van der Waals surface area contributed by atoms with E-state index >= 15 is 0 Å². The lowest BCUT2D eigenvalue weighted by Gasteiger charge is -2.22. The minimum Gasteiger partial charge on any atom is -0.458 e. The number of aromatic amines is 1. The second-order valence-corrected chi connectivity index (χ2v) is 9.00. The lowest BCUT2D eigenvalue weighted by molar-refractivity contribution is 0.0725. The summed E-state index contributed by atoms with van der Waals surface area (Å²) in [5, 5.41) is 16.7. The highest BCUT2D eigenvalue weighted by molar-refractivity contribution is 8.03. The van der Waals surface area contributed by atoms with Crippen molar-refractivity contribution in [2.75, 3.05) is 6.79 Å². The summed E-state index contributed by atoms with van der Waals surface area (Å²) >= 11 is 1.62. The summed E-state index contributed by atoms with van der Waals surface area (Å²) in [6.07, 6.45) is 9.16. The highest BCUT2D eigenvalue weighted by Crippen LogP contribution is 2.46. The number of aromatic nitrogens is 4. The van der Waals surface area contributed by atoms with Crippen molar-refractivity contribution in [2.24, 2.45) is 10.9 Å². The fourth-order valence-electron chi connectivity index (χ4n) is 4.14. The molecule has 0 aromatic carbocycles. The second-order valence-electron chi connectivity index (χ2n) is 7.96. The van der Waals surface area contributed by atoms with Crippen molar-refractivity contribution in [3.8, 4) is 0 Å². The minimum atomic E-state index is 0.0898. The van der Waals surface area contributed by atoms with Crippen LogP contribution in [0.5, 0.6) is 0 Å². The van der Waals surface area contributed by atoms with E-state index in [0.717, 1.165) is 58.9 Å². The fourth-order valence-corrected chi connectivity index (χ4v) is 5.30. The van der Waals surface area contributed by atoms with Crippen LogP contribution in [0.1, 0.15) is 56.8 Å². The fraction of sp³-hybridized carbons (Fsp3) is 0.455. The largest absolute Gasteiger partial charge is 0.458 e. The summed E-state index contributed by atoms with van der Waals surface area (Å²) in [5.74, 6) is 2.87. The zero-order chi connectivity index (χ0) is 21.4. The van der Waals surface area contributed by atoms with Gasteiger partial charge in [0.15, 0.2) is 16.7 Å². The van der Waals surface area contributed by atoms with Crippen molar-refractivity contribution in [1.82, 2.24) is 19.7 Å². The first-order valence-corrected chi connectivity index (χ1v) is 11.6. The van der Waals surface area contributed by atoms with Crippen molar-refractivity contribution in [1.29, 1.82) is 5.41 Å². The average Bonchev–Trinajstić information content (AvgIpc) is 3.50. The first-order valence-electron chi connectivity index (χ1n) is 10.8. The van der Waals surface area contributed by atoms with Crippen molar-refractivity contribution in [3.63, 3.8) is 0 Å². The average molecular weight is 439 g/mol. The first kappa shape index (κ1) is 20.1. The minimum absolute atomic E-state index is 0.0898. The number of rotatable bonds is 6. The molecular weight excluding hydrogens is 412 g/mol. The SMILES string of the molecule is CCCn1c(SC2=CC3=C(CC2c2ccn[nH]2)OCO3)nc2c1N=CC(CC)CC2=N. The molecule has 5 rings (SSSR count). The van der Waals surface area contributed by atoms with Gasteiger partial charge in [0.05, 0.1) is 5.71 Å². The van der Waals surface area contributed by atoms with Gasteiger partial charge in [-0.2, -0.15) is 5.10 Å². The Balaban J connectivity index is 1.54. The molecule has 0 amide bonds. The Morgan fingerprint density at radius 1 is 1.29 bits per heavy atom. The molecule has 162 valence electrons. The van der Waals surface area contributed by atoms with Crippen LogP contribution in [0.3, 0.4) is 0 Å². The summed E-state index contributed by atoms with van der Waals surface area (Å²) in [6, 6.07) is 2.00. The maximum absolute atomic E-state index is 8.62. The summed E-state index contributed by atoms with van der Waals surface area (Å²) < 4.78 is 13.5. The maximum Gasteiger partial charge on any atom is 0.230 e. The highest BCUT2D eigenvalue weighted by Gasteiger charge is 2.33.